The number of hydrogen-bond acceptors (Lipinski definition) is 16. The van der Waals surface area contributed by atoms with E-state index in [0.717, 1.165) is 57.1 Å². The Bertz CT molecular complexity index is 4970. The Balaban J connectivity index is 0.000000150. The topological polar surface area (TPSA) is 283 Å². The van der Waals surface area contributed by atoms with Crippen LogP contribution in [-0.2, 0) is 19.1 Å². The second-order valence-corrected chi connectivity index (χ2v) is 27.2. The number of morpholine rings is 1. The van der Waals surface area contributed by atoms with Crippen molar-refractivity contribution in [3.63, 3.8) is 0 Å². The van der Waals surface area contributed by atoms with Crippen LogP contribution in [0.25, 0.3) is 0 Å². The third-order valence-corrected chi connectivity index (χ3v) is 18.9. The highest BCUT2D eigenvalue weighted by molar-refractivity contribution is 6.25. The first kappa shape index (κ1) is 78.7. The molecule has 115 heavy (non-hydrogen) atoms. The Morgan fingerprint density at radius 2 is 0.609 bits per heavy atom. The lowest BCUT2D eigenvalue weighted by Gasteiger charge is -2.36. The smallest absolute Gasteiger partial charge is 0.343 e. The van der Waals surface area contributed by atoms with Crippen molar-refractivity contribution < 1.29 is 76.3 Å². The van der Waals surface area contributed by atoms with Gasteiger partial charge in [-0.25, -0.2) is 58.2 Å². The molecule has 9 aromatic rings. The number of urea groups is 6. The minimum atomic E-state index is -0.666. The highest BCUT2D eigenvalue weighted by Gasteiger charge is 2.41. The molecular weight excluding hydrogens is 1470 g/mol. The van der Waals surface area contributed by atoms with Gasteiger partial charge in [-0.15, -0.1) is 0 Å². The Labute approximate surface area is 664 Å². The molecule has 0 aliphatic carbocycles. The SMILES string of the molecule is C=C1NC(=O)N(c2ccc(Oc3ccccc3)c(OCC(=O)N3CCC3)c2)C(=O)N1c1cccc(C)c1.C=C1NC(=O)N(c2ccc(Oc3ccccc3)c(OCC(=O)N3CCCCC3)c2)C(=O)N1c1cccc(C)c1.C=C1NC(=O)N(c2ccc(Oc3ccccc3)c(OCC(=O)N3CCOCC3)c2)C(=O)N1c1cccc(C)c1. The van der Waals surface area contributed by atoms with Crippen molar-refractivity contribution in [2.75, 3.05) is 102 Å². The van der Waals surface area contributed by atoms with Gasteiger partial charge in [0.25, 0.3) is 17.7 Å². The van der Waals surface area contributed by atoms with Crippen molar-refractivity contribution in [3.8, 4) is 51.7 Å². The van der Waals surface area contributed by atoms with E-state index in [1.165, 1.54) is 32.9 Å². The summed E-state index contributed by atoms with van der Waals surface area (Å²) in [7, 11) is 0. The lowest BCUT2D eigenvalue weighted by Crippen LogP contribution is -2.58. The summed E-state index contributed by atoms with van der Waals surface area (Å²) >= 11 is 0. The molecule has 28 heteroatoms. The Kier molecular flexibility index (Phi) is 24.8. The fraction of sp³-hybridized carbons (Fsp3) is 0.207. The molecule has 15 amide bonds. The van der Waals surface area contributed by atoms with Crippen molar-refractivity contribution in [1.82, 2.24) is 30.7 Å². The second kappa shape index (κ2) is 36.2. The first-order chi connectivity index (χ1) is 55.7. The fourth-order valence-electron chi connectivity index (χ4n) is 13.0. The van der Waals surface area contributed by atoms with Crippen LogP contribution in [0.15, 0.2) is 256 Å². The Hall–Kier alpha value is -14.4. The third kappa shape index (κ3) is 19.0. The molecule has 28 nitrogen and oxygen atoms in total. The normalized spacial score (nSPS) is 15.6. The summed E-state index contributed by atoms with van der Waals surface area (Å²) in [6.07, 6.45) is 4.02. The maximum atomic E-state index is 13.6. The number of anilines is 6. The summed E-state index contributed by atoms with van der Waals surface area (Å²) in [5, 5.41) is 7.95. The summed E-state index contributed by atoms with van der Waals surface area (Å²) in [6.45, 7) is 21.4. The average molecular weight is 1550 g/mol. The van der Waals surface area contributed by atoms with E-state index in [4.69, 9.17) is 33.2 Å². The van der Waals surface area contributed by atoms with Gasteiger partial charge in [0.15, 0.2) is 54.3 Å². The van der Waals surface area contributed by atoms with Crippen LogP contribution in [0.3, 0.4) is 0 Å². The van der Waals surface area contributed by atoms with Gasteiger partial charge in [0.1, 0.15) is 34.7 Å². The van der Waals surface area contributed by atoms with Gasteiger partial charge in [-0.05, 0) is 172 Å². The molecule has 0 aromatic heterocycles. The highest BCUT2D eigenvalue weighted by Crippen LogP contribution is 2.42. The number of ether oxygens (including phenoxy) is 7. The minimum Gasteiger partial charge on any atom is -0.480 e. The zero-order chi connectivity index (χ0) is 80.7. The monoisotopic (exact) mass is 1550 g/mol. The van der Waals surface area contributed by atoms with Crippen LogP contribution in [0.5, 0.6) is 51.7 Å². The van der Waals surface area contributed by atoms with Crippen LogP contribution in [-0.4, -0.2) is 141 Å². The standard InChI is InChI=1S/C30H30N4O5.C29H28N4O6.C28H26N4O5/c1-21-10-9-11-23(18-21)33-22(2)31-29(36)34(30(33)37)24-14-15-26(39-25-12-5-3-6-13-25)27(19-24)38-20-28(35)32-16-7-4-8-17-32;1-20-7-6-8-22(17-20)32-21(2)30-28(35)33(29(32)36)23-11-12-25(39-24-9-4-3-5-10-24)26(18-23)38-19-27(34)31-13-15-37-16-14-31;1-19-8-6-9-21(16-19)31-20(2)29-27(34)32(28(31)35)22-12-13-24(37-23-10-4-3-5-11-23)25(17-22)36-18-26(33)30-14-7-15-30/h3,5-6,9-15,18-19H,2,4,7-8,16-17,20H2,1H3,(H,31,36);3-12,17-18H,2,13-16,19H2,1H3,(H,30,35);3-6,8-13,16-17H,2,7,14-15,18H2,1H3,(H,29,34). The van der Waals surface area contributed by atoms with Crippen molar-refractivity contribution in [2.45, 2.75) is 46.5 Å². The van der Waals surface area contributed by atoms with Gasteiger partial charge in [0, 0.05) is 57.5 Å². The van der Waals surface area contributed by atoms with Crippen LogP contribution in [0.2, 0.25) is 0 Å². The third-order valence-electron chi connectivity index (χ3n) is 18.9. The Morgan fingerprint density at radius 3 is 0.896 bits per heavy atom. The number of aryl methyl sites for hydroxylation is 3. The molecule has 0 atom stereocenters. The van der Waals surface area contributed by atoms with Gasteiger partial charge in [0.05, 0.1) is 47.3 Å². The molecule has 6 aliphatic heterocycles. The molecule has 588 valence electrons. The summed E-state index contributed by atoms with van der Waals surface area (Å²) < 4.78 is 41.1. The highest BCUT2D eigenvalue weighted by atomic mass is 16.5. The van der Waals surface area contributed by atoms with E-state index in [0.29, 0.717) is 104 Å². The largest absolute Gasteiger partial charge is 0.480 e. The molecule has 0 unspecified atom stereocenters. The van der Waals surface area contributed by atoms with Crippen LogP contribution >= 0.6 is 0 Å². The van der Waals surface area contributed by atoms with Crippen LogP contribution in [0.1, 0.15) is 42.4 Å². The van der Waals surface area contributed by atoms with Crippen LogP contribution in [0.4, 0.5) is 62.9 Å². The van der Waals surface area contributed by atoms with E-state index in [9.17, 15) is 43.2 Å². The van der Waals surface area contributed by atoms with Crippen LogP contribution in [0, 0.1) is 20.8 Å². The minimum absolute atomic E-state index is 0.125. The molecule has 0 radical (unpaired) electrons. The van der Waals surface area contributed by atoms with E-state index >= 15 is 0 Å². The molecule has 6 heterocycles. The quantitative estimate of drug-likeness (QED) is 0.0603. The number of hydrogen-bond donors (Lipinski definition) is 3. The van der Waals surface area contributed by atoms with Crippen molar-refractivity contribution in [1.29, 1.82) is 0 Å². The van der Waals surface area contributed by atoms with Gasteiger partial charge < -0.3 is 47.9 Å². The van der Waals surface area contributed by atoms with Crippen LogP contribution < -0.4 is 73.8 Å². The van der Waals surface area contributed by atoms with E-state index in [1.807, 2.05) is 130 Å². The predicted molar refractivity (Wildman–Crippen MR) is 432 cm³/mol. The molecule has 6 fully saturated rings. The van der Waals surface area contributed by atoms with Gasteiger partial charge in [-0.1, -0.05) is 111 Å². The number of para-hydroxylation sites is 3. The molecule has 3 N–H and O–H groups in total. The summed E-state index contributed by atoms with van der Waals surface area (Å²) in [5.41, 5.74) is 5.29. The number of piperidine rings is 1. The number of rotatable bonds is 21. The Morgan fingerprint density at radius 1 is 0.322 bits per heavy atom. The van der Waals surface area contributed by atoms with Gasteiger partial charge in [-0.2, -0.15) is 0 Å². The zero-order valence-corrected chi connectivity index (χ0v) is 63.6. The van der Waals surface area contributed by atoms with E-state index in [-0.39, 0.29) is 89.3 Å². The molecular formula is C87H84N12O16. The number of carbonyl (C=O) groups is 9. The number of nitrogens with one attached hydrogen (secondary N) is 3. The van der Waals surface area contributed by atoms with Gasteiger partial charge in [0.2, 0.25) is 0 Å². The maximum absolute atomic E-state index is 13.6. The van der Waals surface area contributed by atoms with E-state index in [1.54, 1.807) is 106 Å². The molecule has 0 bridgehead atoms. The number of carbonyl (C=O) groups excluding carboxylic acids is 9. The van der Waals surface area contributed by atoms with Gasteiger partial charge >= 0.3 is 36.2 Å². The first-order valence-electron chi connectivity index (χ1n) is 37.2. The molecule has 6 saturated heterocycles. The van der Waals surface area contributed by atoms with Crippen molar-refractivity contribution in [2.24, 2.45) is 0 Å². The fourth-order valence-corrected chi connectivity index (χ4v) is 13.0. The van der Waals surface area contributed by atoms with Gasteiger partial charge in [-0.3, -0.25) is 30.3 Å². The summed E-state index contributed by atoms with van der Waals surface area (Å²) in [6, 6.07) is 59.7. The lowest BCUT2D eigenvalue weighted by atomic mass is 10.1. The summed E-state index contributed by atoms with van der Waals surface area (Å²) in [4.78, 5) is 130. The molecule has 0 saturated carbocycles. The van der Waals surface area contributed by atoms with Crippen molar-refractivity contribution in [3.05, 3.63) is 272 Å². The van der Waals surface area contributed by atoms with Crippen molar-refractivity contribution >= 4 is 88.0 Å². The molecule has 0 spiro atoms. The van der Waals surface area contributed by atoms with E-state index < -0.39 is 36.2 Å². The zero-order valence-electron chi connectivity index (χ0n) is 63.6. The molecule has 15 rings (SSSR count). The second-order valence-electron chi connectivity index (χ2n) is 27.2. The average Bonchev–Trinajstić information content (AvgIpc) is 0.779. The number of imide groups is 3. The number of benzene rings is 9. The number of amides is 15. The first-order valence-corrected chi connectivity index (χ1v) is 37.2. The lowest BCUT2D eigenvalue weighted by molar-refractivity contribution is -0.137. The predicted octanol–water partition coefficient (Wildman–Crippen LogP) is 15.5. The maximum Gasteiger partial charge on any atom is 0.343 e. The molecule has 6 aliphatic rings. The summed E-state index contributed by atoms with van der Waals surface area (Å²) in [5.74, 6) is 3.35. The number of likely N-dealkylation sites (tertiary alicyclic amines) is 2. The molecule has 9 aromatic carbocycles. The number of nitrogens with zero attached hydrogens (tertiary/aromatic N) is 9. The van der Waals surface area contributed by atoms with E-state index in [2.05, 4.69) is 35.7 Å².